The predicted molar refractivity (Wildman–Crippen MR) is 84.8 cm³/mol. The average Bonchev–Trinajstić information content (AvgIpc) is 2.47. The lowest BCUT2D eigenvalue weighted by Crippen LogP contribution is -2.37. The summed E-state index contributed by atoms with van der Waals surface area (Å²) in [4.78, 5) is 2.39. The fourth-order valence-corrected chi connectivity index (χ4v) is 2.96. The van der Waals surface area contributed by atoms with Gasteiger partial charge in [0.2, 0.25) is 10.0 Å². The molecule has 5 nitrogen and oxygen atoms in total. The van der Waals surface area contributed by atoms with Crippen molar-refractivity contribution in [1.29, 1.82) is 0 Å². The van der Waals surface area contributed by atoms with Crippen LogP contribution in [0.15, 0.2) is 29.2 Å². The highest BCUT2D eigenvalue weighted by atomic mass is 32.2. The van der Waals surface area contributed by atoms with Gasteiger partial charge in [0.1, 0.15) is 0 Å². The van der Waals surface area contributed by atoms with E-state index in [0.29, 0.717) is 25.6 Å². The molecule has 0 aliphatic rings. The summed E-state index contributed by atoms with van der Waals surface area (Å²) in [5.41, 5.74) is 0.924. The Morgan fingerprint density at radius 2 is 1.90 bits per heavy atom. The van der Waals surface area contributed by atoms with E-state index in [9.17, 15) is 8.42 Å². The van der Waals surface area contributed by atoms with Gasteiger partial charge in [0.25, 0.3) is 0 Å². The normalized spacial score (nSPS) is 13.6. The molecule has 0 saturated carbocycles. The average molecular weight is 314 g/mol. The van der Waals surface area contributed by atoms with Gasteiger partial charge in [-0.05, 0) is 44.5 Å². The monoisotopic (exact) mass is 314 g/mol. The number of sulfonamides is 1. The number of nitrogens with zero attached hydrogens (tertiary/aromatic N) is 1. The van der Waals surface area contributed by atoms with Gasteiger partial charge in [-0.2, -0.15) is 0 Å². The zero-order valence-electron chi connectivity index (χ0n) is 13.0. The van der Waals surface area contributed by atoms with E-state index in [2.05, 4.69) is 23.5 Å². The van der Waals surface area contributed by atoms with E-state index in [1.165, 1.54) is 0 Å². The van der Waals surface area contributed by atoms with Crippen molar-refractivity contribution in [2.75, 3.05) is 26.7 Å². The summed E-state index contributed by atoms with van der Waals surface area (Å²) in [6, 6.07) is 7.05. The summed E-state index contributed by atoms with van der Waals surface area (Å²) in [5, 5.41) is 8.85. The largest absolute Gasteiger partial charge is 0.396 e. The number of benzene rings is 1. The zero-order chi connectivity index (χ0) is 15.9. The van der Waals surface area contributed by atoms with E-state index in [0.717, 1.165) is 12.0 Å². The fraction of sp³-hybridized carbons (Fsp3) is 0.600. The summed E-state index contributed by atoms with van der Waals surface area (Å²) in [6.07, 6.45) is 1.57. The third-order valence-electron chi connectivity index (χ3n) is 3.73. The molecule has 0 aliphatic carbocycles. The molecule has 120 valence electrons. The molecule has 0 radical (unpaired) electrons. The lowest BCUT2D eigenvalue weighted by molar-refractivity contribution is 0.256. The van der Waals surface area contributed by atoms with Crippen LogP contribution in [-0.2, 0) is 16.4 Å². The second kappa shape index (κ2) is 8.48. The molecule has 1 unspecified atom stereocenters. The minimum atomic E-state index is -3.46. The van der Waals surface area contributed by atoms with Crippen molar-refractivity contribution in [1.82, 2.24) is 9.62 Å². The van der Waals surface area contributed by atoms with Gasteiger partial charge in [0, 0.05) is 25.7 Å². The van der Waals surface area contributed by atoms with Crippen LogP contribution in [0.5, 0.6) is 0 Å². The molecule has 1 atom stereocenters. The van der Waals surface area contributed by atoms with Gasteiger partial charge in [0.05, 0.1) is 4.90 Å². The van der Waals surface area contributed by atoms with Gasteiger partial charge >= 0.3 is 0 Å². The van der Waals surface area contributed by atoms with Gasteiger partial charge < -0.3 is 10.0 Å². The molecule has 0 saturated heterocycles. The highest BCUT2D eigenvalue weighted by Crippen LogP contribution is 2.10. The number of hydrogen-bond donors (Lipinski definition) is 2. The van der Waals surface area contributed by atoms with Gasteiger partial charge in [-0.15, -0.1) is 0 Å². The highest BCUT2D eigenvalue weighted by molar-refractivity contribution is 7.89. The van der Waals surface area contributed by atoms with Crippen molar-refractivity contribution in [2.45, 2.75) is 37.6 Å². The first-order valence-electron chi connectivity index (χ1n) is 7.30. The molecule has 0 heterocycles. The lowest BCUT2D eigenvalue weighted by Gasteiger charge is -2.23. The molecule has 6 heteroatoms. The van der Waals surface area contributed by atoms with Gasteiger partial charge in [-0.25, -0.2) is 13.1 Å². The Morgan fingerprint density at radius 3 is 2.43 bits per heavy atom. The van der Waals surface area contributed by atoms with Crippen LogP contribution in [0, 0.1) is 0 Å². The first-order chi connectivity index (χ1) is 9.90. The number of rotatable bonds is 9. The summed E-state index contributed by atoms with van der Waals surface area (Å²) >= 11 is 0. The Bertz CT molecular complexity index is 514. The fourth-order valence-electron chi connectivity index (χ4n) is 1.94. The van der Waals surface area contributed by atoms with Gasteiger partial charge in [-0.3, -0.25) is 0 Å². The lowest BCUT2D eigenvalue weighted by atomic mass is 10.2. The maximum atomic E-state index is 12.1. The van der Waals surface area contributed by atoms with Crippen LogP contribution in [0.2, 0.25) is 0 Å². The topological polar surface area (TPSA) is 69.6 Å². The summed E-state index contributed by atoms with van der Waals surface area (Å²) in [6.45, 7) is 5.36. The molecule has 0 aliphatic heterocycles. The van der Waals surface area contributed by atoms with E-state index in [1.54, 1.807) is 24.3 Å². The SMILES string of the molecule is CCC(C)N(C)CCNS(=O)(=O)c1ccc(CCO)cc1. The van der Waals surface area contributed by atoms with Crippen LogP contribution in [0.4, 0.5) is 0 Å². The van der Waals surface area contributed by atoms with Crippen LogP contribution in [-0.4, -0.2) is 51.2 Å². The van der Waals surface area contributed by atoms with Crippen molar-refractivity contribution in [3.05, 3.63) is 29.8 Å². The quantitative estimate of drug-likeness (QED) is 0.719. The van der Waals surface area contributed by atoms with Gasteiger partial charge in [0.15, 0.2) is 0 Å². The minimum absolute atomic E-state index is 0.0618. The molecule has 0 bridgehead atoms. The first kappa shape index (κ1) is 18.1. The molecule has 21 heavy (non-hydrogen) atoms. The van der Waals surface area contributed by atoms with E-state index in [1.807, 2.05) is 7.05 Å². The van der Waals surface area contributed by atoms with Crippen LogP contribution in [0.25, 0.3) is 0 Å². The number of hydrogen-bond acceptors (Lipinski definition) is 4. The van der Waals surface area contributed by atoms with Crippen LogP contribution >= 0.6 is 0 Å². The maximum absolute atomic E-state index is 12.1. The van der Waals surface area contributed by atoms with E-state index < -0.39 is 10.0 Å². The molecule has 2 N–H and O–H groups in total. The van der Waals surface area contributed by atoms with Crippen molar-refractivity contribution in [2.24, 2.45) is 0 Å². The molecular formula is C15H26N2O3S. The number of nitrogens with one attached hydrogen (secondary N) is 1. The second-order valence-electron chi connectivity index (χ2n) is 5.25. The minimum Gasteiger partial charge on any atom is -0.396 e. The summed E-state index contributed by atoms with van der Waals surface area (Å²) in [5.74, 6) is 0. The molecular weight excluding hydrogens is 288 g/mol. The van der Waals surface area contributed by atoms with Crippen LogP contribution in [0.3, 0.4) is 0 Å². The van der Waals surface area contributed by atoms with E-state index >= 15 is 0 Å². The van der Waals surface area contributed by atoms with Crippen molar-refractivity contribution < 1.29 is 13.5 Å². The van der Waals surface area contributed by atoms with Crippen molar-refractivity contribution >= 4 is 10.0 Å². The first-order valence-corrected chi connectivity index (χ1v) is 8.78. The third-order valence-corrected chi connectivity index (χ3v) is 5.21. The van der Waals surface area contributed by atoms with E-state index in [-0.39, 0.29) is 11.5 Å². The number of likely N-dealkylation sites (N-methyl/N-ethyl adjacent to an activating group) is 1. The molecule has 1 aromatic carbocycles. The highest BCUT2D eigenvalue weighted by Gasteiger charge is 2.14. The number of aliphatic hydroxyl groups is 1. The smallest absolute Gasteiger partial charge is 0.240 e. The third kappa shape index (κ3) is 5.74. The Kier molecular flexibility index (Phi) is 7.31. The molecule has 0 amide bonds. The maximum Gasteiger partial charge on any atom is 0.240 e. The summed E-state index contributed by atoms with van der Waals surface area (Å²) in [7, 11) is -1.47. The Hall–Kier alpha value is -0.950. The van der Waals surface area contributed by atoms with E-state index in [4.69, 9.17) is 5.11 Å². The van der Waals surface area contributed by atoms with Crippen molar-refractivity contribution in [3.8, 4) is 0 Å². The molecule has 0 spiro atoms. The predicted octanol–water partition coefficient (Wildman–Crippen LogP) is 1.23. The standard InChI is InChI=1S/C15H26N2O3S/c1-4-13(2)17(3)11-10-16-21(19,20)15-7-5-14(6-8-15)9-12-18/h5-8,13,16,18H,4,9-12H2,1-3H3. The van der Waals surface area contributed by atoms with Crippen LogP contribution < -0.4 is 4.72 Å². The molecule has 0 aromatic heterocycles. The molecule has 1 rings (SSSR count). The second-order valence-corrected chi connectivity index (χ2v) is 7.02. The van der Waals surface area contributed by atoms with Crippen molar-refractivity contribution in [3.63, 3.8) is 0 Å². The van der Waals surface area contributed by atoms with Gasteiger partial charge in [-0.1, -0.05) is 19.1 Å². The molecule has 1 aromatic rings. The Balaban J connectivity index is 2.57. The van der Waals surface area contributed by atoms with Crippen LogP contribution in [0.1, 0.15) is 25.8 Å². The molecule has 0 fully saturated rings. The number of aliphatic hydroxyl groups excluding tert-OH is 1. The summed E-state index contributed by atoms with van der Waals surface area (Å²) < 4.78 is 26.9. The Morgan fingerprint density at radius 1 is 1.29 bits per heavy atom. The Labute approximate surface area is 128 Å². The zero-order valence-corrected chi connectivity index (χ0v) is 13.9.